The Balaban J connectivity index is 1.64. The van der Waals surface area contributed by atoms with E-state index in [2.05, 4.69) is 52.4 Å². The van der Waals surface area contributed by atoms with E-state index in [0.29, 0.717) is 17.6 Å². The van der Waals surface area contributed by atoms with Crippen LogP contribution in [0.4, 0.5) is 0 Å². The minimum atomic E-state index is 0.459. The largest absolute Gasteiger partial charge is 0.289 e. The summed E-state index contributed by atoms with van der Waals surface area (Å²) in [4.78, 5) is 7.14. The molecule has 2 aliphatic rings. The van der Waals surface area contributed by atoms with Gasteiger partial charge in [-0.3, -0.25) is 9.88 Å². The van der Waals surface area contributed by atoms with Crippen LogP contribution in [0.3, 0.4) is 0 Å². The van der Waals surface area contributed by atoms with Crippen LogP contribution in [0.5, 0.6) is 0 Å². The lowest BCUT2D eigenvalue weighted by atomic mass is 9.83. The Morgan fingerprint density at radius 2 is 2.00 bits per heavy atom. The number of aromatic nitrogens is 1. The van der Waals surface area contributed by atoms with E-state index in [4.69, 9.17) is 0 Å². The minimum absolute atomic E-state index is 0.459. The van der Waals surface area contributed by atoms with Gasteiger partial charge < -0.3 is 0 Å². The van der Waals surface area contributed by atoms with Crippen molar-refractivity contribution in [1.29, 1.82) is 5.26 Å². The second kappa shape index (κ2) is 6.59. The summed E-state index contributed by atoms with van der Waals surface area (Å²) >= 11 is 0. The van der Waals surface area contributed by atoms with Gasteiger partial charge in [0.05, 0.1) is 11.3 Å². The maximum absolute atomic E-state index is 9.37. The van der Waals surface area contributed by atoms with Crippen molar-refractivity contribution >= 4 is 5.57 Å². The lowest BCUT2D eigenvalue weighted by molar-refractivity contribution is 0.0950. The van der Waals surface area contributed by atoms with Crippen molar-refractivity contribution in [3.05, 3.63) is 71.6 Å². The highest BCUT2D eigenvalue weighted by Crippen LogP contribution is 2.38. The van der Waals surface area contributed by atoms with E-state index in [9.17, 15) is 5.26 Å². The Bertz CT molecular complexity index is 788. The third kappa shape index (κ3) is 2.86. The molecular weight excluding hydrogens is 294 g/mol. The molecule has 3 nitrogen and oxygen atoms in total. The van der Waals surface area contributed by atoms with Crippen molar-refractivity contribution in [2.24, 2.45) is 0 Å². The fraction of sp³-hybridized carbons (Fsp3) is 0.333. The summed E-state index contributed by atoms with van der Waals surface area (Å²) in [5.41, 5.74) is 4.21. The van der Waals surface area contributed by atoms with E-state index < -0.39 is 0 Å². The van der Waals surface area contributed by atoms with Crippen molar-refractivity contribution in [2.75, 3.05) is 0 Å². The molecule has 0 radical (unpaired) electrons. The van der Waals surface area contributed by atoms with Gasteiger partial charge in [0.1, 0.15) is 6.07 Å². The smallest absolute Gasteiger partial charge is 0.101 e. The molecule has 0 aliphatic carbocycles. The molecule has 3 heteroatoms. The van der Waals surface area contributed by atoms with Crippen LogP contribution in [-0.2, 0) is 6.54 Å². The Morgan fingerprint density at radius 3 is 2.79 bits per heavy atom. The first-order valence-corrected chi connectivity index (χ1v) is 8.71. The van der Waals surface area contributed by atoms with Gasteiger partial charge in [0.25, 0.3) is 0 Å². The molecule has 1 aromatic carbocycles. The van der Waals surface area contributed by atoms with Crippen LogP contribution in [0, 0.1) is 11.3 Å². The van der Waals surface area contributed by atoms with Crippen molar-refractivity contribution in [2.45, 2.75) is 44.3 Å². The van der Waals surface area contributed by atoms with Crippen LogP contribution in [0.2, 0.25) is 0 Å². The van der Waals surface area contributed by atoms with Crippen LogP contribution in [0.1, 0.15) is 42.5 Å². The fourth-order valence-corrected chi connectivity index (χ4v) is 4.09. The topological polar surface area (TPSA) is 39.9 Å². The second-order valence-corrected chi connectivity index (χ2v) is 6.72. The summed E-state index contributed by atoms with van der Waals surface area (Å²) in [6.07, 6.45) is 8.87. The highest BCUT2D eigenvalue weighted by molar-refractivity contribution is 5.69. The summed E-state index contributed by atoms with van der Waals surface area (Å²) in [7, 11) is 0. The van der Waals surface area contributed by atoms with Gasteiger partial charge in [-0.05, 0) is 42.5 Å². The Kier molecular flexibility index (Phi) is 4.15. The van der Waals surface area contributed by atoms with E-state index in [1.165, 1.54) is 30.4 Å². The Morgan fingerprint density at radius 1 is 1.12 bits per heavy atom. The van der Waals surface area contributed by atoms with Crippen LogP contribution in [0.25, 0.3) is 5.57 Å². The van der Waals surface area contributed by atoms with Gasteiger partial charge in [0.15, 0.2) is 0 Å². The van der Waals surface area contributed by atoms with E-state index in [1.807, 2.05) is 12.1 Å². The second-order valence-electron chi connectivity index (χ2n) is 6.72. The molecular formula is C21H21N3. The van der Waals surface area contributed by atoms with E-state index >= 15 is 0 Å². The highest BCUT2D eigenvalue weighted by atomic mass is 15.2. The molecule has 0 amide bonds. The number of nitriles is 1. The number of benzene rings is 1. The van der Waals surface area contributed by atoms with Crippen LogP contribution in [0.15, 0.2) is 54.7 Å². The van der Waals surface area contributed by atoms with Crippen molar-refractivity contribution in [3.8, 4) is 6.07 Å². The van der Waals surface area contributed by atoms with Crippen LogP contribution < -0.4 is 0 Å². The molecule has 1 fully saturated rings. The van der Waals surface area contributed by atoms with Gasteiger partial charge in [-0.15, -0.1) is 0 Å². The normalized spacial score (nSPS) is 23.4. The summed E-state index contributed by atoms with van der Waals surface area (Å²) in [6.45, 7) is 1.01. The number of piperidine rings is 1. The first-order valence-electron chi connectivity index (χ1n) is 8.71. The van der Waals surface area contributed by atoms with E-state index in [1.54, 1.807) is 6.20 Å². The third-order valence-corrected chi connectivity index (χ3v) is 5.22. The highest BCUT2D eigenvalue weighted by Gasteiger charge is 2.34. The van der Waals surface area contributed by atoms with Gasteiger partial charge in [0, 0.05) is 24.8 Å². The monoisotopic (exact) mass is 315 g/mol. The number of rotatable bonds is 3. The molecule has 4 rings (SSSR count). The molecule has 0 saturated carbocycles. The molecule has 120 valence electrons. The summed E-state index contributed by atoms with van der Waals surface area (Å²) in [6, 6.07) is 17.7. The molecule has 2 bridgehead atoms. The molecule has 2 unspecified atom stereocenters. The number of nitrogens with zero attached hydrogens (tertiary/aromatic N) is 3. The zero-order chi connectivity index (χ0) is 16.4. The first kappa shape index (κ1) is 15.1. The van der Waals surface area contributed by atoms with Gasteiger partial charge in [0.2, 0.25) is 0 Å². The molecule has 0 N–H and O–H groups in total. The Labute approximate surface area is 143 Å². The summed E-state index contributed by atoms with van der Waals surface area (Å²) < 4.78 is 0. The number of fused-ring (bicyclic) bond motifs is 2. The molecule has 3 heterocycles. The summed E-state index contributed by atoms with van der Waals surface area (Å²) in [5, 5.41) is 9.37. The molecule has 1 saturated heterocycles. The van der Waals surface area contributed by atoms with Crippen LogP contribution >= 0.6 is 0 Å². The third-order valence-electron chi connectivity index (χ3n) is 5.22. The van der Waals surface area contributed by atoms with Gasteiger partial charge in [-0.2, -0.15) is 5.26 Å². The van der Waals surface area contributed by atoms with Gasteiger partial charge in [-0.1, -0.05) is 42.8 Å². The van der Waals surface area contributed by atoms with Crippen molar-refractivity contribution in [1.82, 2.24) is 9.88 Å². The van der Waals surface area contributed by atoms with Gasteiger partial charge >= 0.3 is 0 Å². The molecule has 0 spiro atoms. The quantitative estimate of drug-likeness (QED) is 0.853. The lowest BCUT2D eigenvalue weighted by Gasteiger charge is -2.45. The van der Waals surface area contributed by atoms with E-state index in [0.717, 1.165) is 18.7 Å². The van der Waals surface area contributed by atoms with Crippen LogP contribution in [-0.4, -0.2) is 22.0 Å². The average molecular weight is 315 g/mol. The fourth-order valence-electron chi connectivity index (χ4n) is 4.09. The van der Waals surface area contributed by atoms with Crippen molar-refractivity contribution in [3.63, 3.8) is 0 Å². The average Bonchev–Trinajstić information content (AvgIpc) is 2.62. The molecule has 2 atom stereocenters. The minimum Gasteiger partial charge on any atom is -0.289 e. The summed E-state index contributed by atoms with van der Waals surface area (Å²) in [5.74, 6) is 0. The Hall–Kier alpha value is -2.44. The number of pyridine rings is 1. The predicted octanol–water partition coefficient (Wildman–Crippen LogP) is 4.16. The van der Waals surface area contributed by atoms with Gasteiger partial charge in [-0.25, -0.2) is 0 Å². The maximum Gasteiger partial charge on any atom is 0.101 e. The molecule has 2 aliphatic heterocycles. The number of hydrogen-bond donors (Lipinski definition) is 0. The molecule has 24 heavy (non-hydrogen) atoms. The standard InChI is InChI=1S/C21H21N3/c22-14-17-8-5-11-23-21(17)18-12-19-9-4-10-20(13-18)24(19)15-16-6-2-1-3-7-16/h1-3,5-8,11-12,19-20H,4,9-10,13,15H2. The SMILES string of the molecule is N#Cc1cccnc1C1=CC2CCCC(C1)N2Cc1ccccc1. The lowest BCUT2D eigenvalue weighted by Crippen LogP contribution is -2.47. The van der Waals surface area contributed by atoms with Crippen molar-refractivity contribution < 1.29 is 0 Å². The number of hydrogen-bond acceptors (Lipinski definition) is 3. The first-order chi connectivity index (χ1) is 11.8. The zero-order valence-electron chi connectivity index (χ0n) is 13.7. The van der Waals surface area contributed by atoms with E-state index in [-0.39, 0.29) is 0 Å². The predicted molar refractivity (Wildman–Crippen MR) is 95.0 cm³/mol. The molecule has 2 aromatic rings. The zero-order valence-corrected chi connectivity index (χ0v) is 13.7. The maximum atomic E-state index is 9.37. The molecule has 1 aromatic heterocycles.